The second kappa shape index (κ2) is 7.89. The minimum atomic E-state index is -0.0202. The highest BCUT2D eigenvalue weighted by Crippen LogP contribution is 2.38. The van der Waals surface area contributed by atoms with Gasteiger partial charge < -0.3 is 14.5 Å². The van der Waals surface area contributed by atoms with Gasteiger partial charge in [-0.3, -0.25) is 4.99 Å². The third-order valence-electron chi connectivity index (χ3n) is 4.87. The van der Waals surface area contributed by atoms with E-state index in [9.17, 15) is 0 Å². The van der Waals surface area contributed by atoms with Gasteiger partial charge in [0, 0.05) is 31.3 Å². The van der Waals surface area contributed by atoms with Crippen LogP contribution in [0.1, 0.15) is 46.0 Å². The summed E-state index contributed by atoms with van der Waals surface area (Å²) in [4.78, 5) is 9.67. The lowest BCUT2D eigenvalue weighted by Crippen LogP contribution is -2.48. The molecule has 0 aliphatic carbocycles. The Balaban J connectivity index is 1.96. The monoisotopic (exact) mass is 309 g/mol. The average molecular weight is 309 g/mol. The first-order valence-electron chi connectivity index (χ1n) is 8.93. The van der Waals surface area contributed by atoms with Crippen LogP contribution in [0.3, 0.4) is 0 Å². The van der Waals surface area contributed by atoms with Crippen LogP contribution < -0.4 is 0 Å². The van der Waals surface area contributed by atoms with Crippen LogP contribution in [0.25, 0.3) is 0 Å². The summed E-state index contributed by atoms with van der Waals surface area (Å²) in [5, 5.41) is 0. The highest BCUT2D eigenvalue weighted by Gasteiger charge is 2.41. The quantitative estimate of drug-likeness (QED) is 0.535. The van der Waals surface area contributed by atoms with Crippen molar-refractivity contribution in [1.29, 1.82) is 0 Å². The van der Waals surface area contributed by atoms with Crippen molar-refractivity contribution < 1.29 is 4.74 Å². The van der Waals surface area contributed by atoms with E-state index in [2.05, 4.69) is 44.0 Å². The Hall–Kier alpha value is -0.450. The smallest absolute Gasteiger partial charge is 0.0635 e. The first-order valence-corrected chi connectivity index (χ1v) is 8.93. The third kappa shape index (κ3) is 5.64. The standard InChI is InChI=1S/C18H35N3O/c1-17(2)14-18(8-13-22-17,16-21-11-5-6-12-21)15-19-9-7-10-20(3)4/h15H,5-14,16H2,1-4H3. The minimum Gasteiger partial charge on any atom is -0.376 e. The van der Waals surface area contributed by atoms with E-state index in [1.165, 1.54) is 25.9 Å². The largest absolute Gasteiger partial charge is 0.376 e. The molecule has 0 spiro atoms. The van der Waals surface area contributed by atoms with Gasteiger partial charge in [0.2, 0.25) is 0 Å². The van der Waals surface area contributed by atoms with Crippen molar-refractivity contribution in [1.82, 2.24) is 9.80 Å². The van der Waals surface area contributed by atoms with Crippen LogP contribution in [-0.4, -0.2) is 75.0 Å². The van der Waals surface area contributed by atoms with Crippen LogP contribution >= 0.6 is 0 Å². The van der Waals surface area contributed by atoms with Gasteiger partial charge in [0.05, 0.1) is 5.60 Å². The van der Waals surface area contributed by atoms with Gasteiger partial charge in [-0.1, -0.05) is 0 Å². The van der Waals surface area contributed by atoms with Crippen molar-refractivity contribution in [2.45, 2.75) is 51.6 Å². The molecule has 2 saturated heterocycles. The molecule has 0 aromatic heterocycles. The lowest BCUT2D eigenvalue weighted by atomic mass is 9.74. The number of hydrogen-bond acceptors (Lipinski definition) is 4. The number of rotatable bonds is 7. The van der Waals surface area contributed by atoms with E-state index in [1.54, 1.807) is 0 Å². The molecule has 0 N–H and O–H groups in total. The predicted molar refractivity (Wildman–Crippen MR) is 93.9 cm³/mol. The molecular formula is C18H35N3O. The molecule has 1 unspecified atom stereocenters. The molecule has 0 amide bonds. The van der Waals surface area contributed by atoms with E-state index >= 15 is 0 Å². The maximum absolute atomic E-state index is 5.96. The van der Waals surface area contributed by atoms with E-state index in [0.717, 1.165) is 45.5 Å². The fraction of sp³-hybridized carbons (Fsp3) is 0.944. The molecule has 1 atom stereocenters. The molecule has 4 nitrogen and oxygen atoms in total. The molecule has 0 aromatic carbocycles. The number of hydrogen-bond donors (Lipinski definition) is 0. The van der Waals surface area contributed by atoms with Gasteiger partial charge in [0.1, 0.15) is 0 Å². The Morgan fingerprint density at radius 2 is 1.95 bits per heavy atom. The maximum Gasteiger partial charge on any atom is 0.0635 e. The zero-order chi connectivity index (χ0) is 16.1. The minimum absolute atomic E-state index is 0.0202. The van der Waals surface area contributed by atoms with Crippen LogP contribution in [0.15, 0.2) is 4.99 Å². The van der Waals surface area contributed by atoms with E-state index in [1.807, 2.05) is 0 Å². The molecule has 2 fully saturated rings. The molecule has 0 saturated carbocycles. The van der Waals surface area contributed by atoms with Crippen molar-refractivity contribution in [3.8, 4) is 0 Å². The van der Waals surface area contributed by atoms with Gasteiger partial charge in [-0.2, -0.15) is 0 Å². The Morgan fingerprint density at radius 3 is 2.59 bits per heavy atom. The molecule has 2 heterocycles. The predicted octanol–water partition coefficient (Wildman–Crippen LogP) is 2.68. The van der Waals surface area contributed by atoms with Crippen LogP contribution in [0.4, 0.5) is 0 Å². The van der Waals surface area contributed by atoms with Crippen molar-refractivity contribution >= 4 is 6.21 Å². The van der Waals surface area contributed by atoms with Gasteiger partial charge in [0.25, 0.3) is 0 Å². The number of aliphatic imine (C=N–C) groups is 1. The number of ether oxygens (including phenoxy) is 1. The van der Waals surface area contributed by atoms with Crippen LogP contribution in [0.5, 0.6) is 0 Å². The summed E-state index contributed by atoms with van der Waals surface area (Å²) < 4.78 is 5.96. The van der Waals surface area contributed by atoms with Gasteiger partial charge in [-0.05, 0) is 79.7 Å². The normalized spacial score (nSPS) is 29.7. The molecule has 2 rings (SSSR count). The van der Waals surface area contributed by atoms with E-state index in [0.29, 0.717) is 0 Å². The Labute approximate surface area is 136 Å². The van der Waals surface area contributed by atoms with Gasteiger partial charge in [-0.25, -0.2) is 0 Å². The van der Waals surface area contributed by atoms with Crippen LogP contribution in [-0.2, 0) is 4.74 Å². The molecule has 0 bridgehead atoms. The summed E-state index contributed by atoms with van der Waals surface area (Å²) in [6, 6.07) is 0. The zero-order valence-corrected chi connectivity index (χ0v) is 15.1. The molecule has 128 valence electrons. The van der Waals surface area contributed by atoms with Gasteiger partial charge in [0.15, 0.2) is 0 Å². The average Bonchev–Trinajstić information content (AvgIpc) is 2.89. The van der Waals surface area contributed by atoms with E-state index in [4.69, 9.17) is 9.73 Å². The molecule has 0 aromatic rings. The van der Waals surface area contributed by atoms with Crippen molar-refractivity contribution in [3.05, 3.63) is 0 Å². The molecule has 4 heteroatoms. The number of nitrogens with zero attached hydrogens (tertiary/aromatic N) is 3. The molecule has 22 heavy (non-hydrogen) atoms. The molecule has 2 aliphatic rings. The second-order valence-corrected chi connectivity index (χ2v) is 8.07. The first-order chi connectivity index (χ1) is 10.4. The highest BCUT2D eigenvalue weighted by molar-refractivity contribution is 5.66. The lowest BCUT2D eigenvalue weighted by Gasteiger charge is -2.44. The summed E-state index contributed by atoms with van der Waals surface area (Å²) in [6.45, 7) is 11.1. The third-order valence-corrected chi connectivity index (χ3v) is 4.87. The van der Waals surface area contributed by atoms with Crippen LogP contribution in [0.2, 0.25) is 0 Å². The Bertz CT molecular complexity index is 361. The SMILES string of the molecule is CN(C)CCCN=CC1(CN2CCCC2)CCOC(C)(C)C1. The van der Waals surface area contributed by atoms with E-state index < -0.39 is 0 Å². The Kier molecular flexibility index (Phi) is 6.42. The highest BCUT2D eigenvalue weighted by atomic mass is 16.5. The maximum atomic E-state index is 5.96. The van der Waals surface area contributed by atoms with Crippen LogP contribution in [0, 0.1) is 5.41 Å². The first kappa shape index (κ1) is 17.9. The van der Waals surface area contributed by atoms with E-state index in [-0.39, 0.29) is 11.0 Å². The van der Waals surface area contributed by atoms with Crippen molar-refractivity contribution in [3.63, 3.8) is 0 Å². The van der Waals surface area contributed by atoms with Gasteiger partial charge >= 0.3 is 0 Å². The molecule has 2 aliphatic heterocycles. The number of likely N-dealkylation sites (tertiary alicyclic amines) is 1. The summed E-state index contributed by atoms with van der Waals surface area (Å²) >= 11 is 0. The fourth-order valence-corrected chi connectivity index (χ4v) is 3.93. The lowest BCUT2D eigenvalue weighted by molar-refractivity contribution is -0.0897. The fourth-order valence-electron chi connectivity index (χ4n) is 3.93. The van der Waals surface area contributed by atoms with Crippen molar-refractivity contribution in [2.75, 3.05) is 53.4 Å². The summed E-state index contributed by atoms with van der Waals surface area (Å²) in [5.74, 6) is 0. The van der Waals surface area contributed by atoms with Crippen molar-refractivity contribution in [2.24, 2.45) is 10.4 Å². The van der Waals surface area contributed by atoms with Gasteiger partial charge in [-0.15, -0.1) is 0 Å². The second-order valence-electron chi connectivity index (χ2n) is 8.07. The summed E-state index contributed by atoms with van der Waals surface area (Å²) in [7, 11) is 4.25. The summed E-state index contributed by atoms with van der Waals surface area (Å²) in [5.41, 5.74) is 0.192. The molecule has 0 radical (unpaired) electrons. The Morgan fingerprint density at radius 1 is 1.23 bits per heavy atom. The molecular weight excluding hydrogens is 274 g/mol. The summed E-state index contributed by atoms with van der Waals surface area (Å²) in [6.07, 6.45) is 8.36. The zero-order valence-electron chi connectivity index (χ0n) is 15.1. The topological polar surface area (TPSA) is 28.1 Å².